The van der Waals surface area contributed by atoms with Gasteiger partial charge in [-0.3, -0.25) is 10.2 Å². The molecule has 8 N–H and O–H groups in total. The normalized spacial score (nSPS) is 10.4. The van der Waals surface area contributed by atoms with Crippen LogP contribution < -0.4 is 31.6 Å². The van der Waals surface area contributed by atoms with Crippen molar-refractivity contribution >= 4 is 29.1 Å². The fourth-order valence-corrected chi connectivity index (χ4v) is 3.18. The molecule has 0 amide bonds. The Morgan fingerprint density at radius 1 is 1.11 bits per heavy atom. The van der Waals surface area contributed by atoms with Gasteiger partial charge in [0.2, 0.25) is 11.6 Å². The molecular formula is C24H25F2N7O5. The predicted octanol–water partition coefficient (Wildman–Crippen LogP) is 2.84. The Hall–Kier alpha value is -5.14. The number of anilines is 1. The number of phenolic OH excluding ortho intramolecular Hbond substituents is 1. The molecule has 1 heterocycles. The minimum atomic E-state index is -1.30. The largest absolute Gasteiger partial charge is 0.504 e. The van der Waals surface area contributed by atoms with Crippen molar-refractivity contribution < 1.29 is 32.9 Å². The van der Waals surface area contributed by atoms with E-state index in [2.05, 4.69) is 9.98 Å². The highest BCUT2D eigenvalue weighted by molar-refractivity contribution is 5.95. The van der Waals surface area contributed by atoms with E-state index in [0.717, 1.165) is 4.90 Å². The minimum Gasteiger partial charge on any atom is -0.504 e. The molecule has 0 aliphatic heterocycles. The summed E-state index contributed by atoms with van der Waals surface area (Å²) in [6.07, 6.45) is 0. The third-order valence-electron chi connectivity index (χ3n) is 4.82. The third-order valence-corrected chi connectivity index (χ3v) is 4.82. The monoisotopic (exact) mass is 529 g/mol. The van der Waals surface area contributed by atoms with E-state index >= 15 is 8.78 Å². The van der Waals surface area contributed by atoms with Gasteiger partial charge in [0.05, 0.1) is 12.3 Å². The number of amidine groups is 1. The van der Waals surface area contributed by atoms with Gasteiger partial charge in [0.1, 0.15) is 23.8 Å². The van der Waals surface area contributed by atoms with Gasteiger partial charge in [-0.25, -0.2) is 4.99 Å². The predicted molar refractivity (Wildman–Crippen MR) is 135 cm³/mol. The number of hydrogen-bond donors (Lipinski definition) is 5. The zero-order valence-corrected chi connectivity index (χ0v) is 20.4. The number of likely N-dealkylation sites (N-methyl/N-ethyl adjacent to an activating group) is 1. The minimum absolute atomic E-state index is 0.0388. The van der Waals surface area contributed by atoms with Crippen LogP contribution in [0.15, 0.2) is 47.5 Å². The van der Waals surface area contributed by atoms with Crippen molar-refractivity contribution in [2.45, 2.75) is 6.92 Å². The van der Waals surface area contributed by atoms with Crippen LogP contribution in [0, 0.1) is 17.0 Å². The summed E-state index contributed by atoms with van der Waals surface area (Å²) < 4.78 is 47.0. The highest BCUT2D eigenvalue weighted by atomic mass is 19.1. The van der Waals surface area contributed by atoms with Crippen LogP contribution in [-0.4, -0.2) is 48.1 Å². The topological polar surface area (TPSA) is 195 Å². The van der Waals surface area contributed by atoms with Gasteiger partial charge >= 0.3 is 5.97 Å². The van der Waals surface area contributed by atoms with E-state index in [0.29, 0.717) is 0 Å². The number of benzene rings is 2. The number of carbonyl (C=O) groups is 1. The second kappa shape index (κ2) is 11.7. The summed E-state index contributed by atoms with van der Waals surface area (Å²) in [6, 6.07) is 9.58. The number of hydrogen-bond acceptors (Lipinski definition) is 9. The second-order valence-corrected chi connectivity index (χ2v) is 7.69. The Morgan fingerprint density at radius 2 is 1.79 bits per heavy atom. The molecule has 0 bridgehead atoms. The molecule has 0 spiro atoms. The molecule has 2 aromatic carbocycles. The maximum Gasteiger partial charge on any atom is 0.325 e. The van der Waals surface area contributed by atoms with Crippen LogP contribution in [-0.2, 0) is 9.53 Å². The molecule has 0 saturated carbocycles. The number of aromatic hydroxyl groups is 1. The van der Waals surface area contributed by atoms with Gasteiger partial charge < -0.3 is 41.4 Å². The molecule has 0 saturated heterocycles. The van der Waals surface area contributed by atoms with Crippen LogP contribution >= 0.6 is 0 Å². The zero-order chi connectivity index (χ0) is 28.0. The molecule has 0 atom stereocenters. The van der Waals surface area contributed by atoms with Crippen molar-refractivity contribution in [3.05, 3.63) is 59.7 Å². The fraction of sp³-hybridized carbons (Fsp3) is 0.167. The molecule has 1 aromatic heterocycles. The number of guanidine groups is 1. The number of nitrogens with one attached hydrogen (secondary N) is 1. The molecule has 12 nitrogen and oxygen atoms in total. The maximum absolute atomic E-state index is 15.6. The van der Waals surface area contributed by atoms with E-state index in [1.165, 1.54) is 43.4 Å². The number of nitrogens with zero attached hydrogens (tertiary/aromatic N) is 3. The van der Waals surface area contributed by atoms with Crippen molar-refractivity contribution in [3.63, 3.8) is 0 Å². The molecular weight excluding hydrogens is 504 g/mol. The molecule has 0 fully saturated rings. The van der Waals surface area contributed by atoms with Crippen molar-refractivity contribution in [1.29, 1.82) is 5.41 Å². The van der Waals surface area contributed by atoms with E-state index in [-0.39, 0.29) is 41.2 Å². The zero-order valence-electron chi connectivity index (χ0n) is 20.4. The molecule has 0 radical (unpaired) electrons. The number of pyridine rings is 1. The number of rotatable bonds is 10. The van der Waals surface area contributed by atoms with Crippen LogP contribution in [0.25, 0.3) is 0 Å². The van der Waals surface area contributed by atoms with Crippen LogP contribution in [0.3, 0.4) is 0 Å². The van der Waals surface area contributed by atoms with Gasteiger partial charge in [0.15, 0.2) is 17.5 Å². The summed E-state index contributed by atoms with van der Waals surface area (Å²) >= 11 is 0. The molecule has 0 unspecified atom stereocenters. The standard InChI is InChI=1S/C24H25F2N7O5/c1-3-36-17(35)11-33(2)20-18(25)22(37-14-6-4-5-13(10-14)31-24(29)30)32-23(19(20)26)38-16-9-12(21(27)28)7-8-15(16)34/h4-10,34H,3,11H2,1-2H3,(H3,27,28)(H4,29,30,31). The number of aromatic nitrogens is 1. The summed E-state index contributed by atoms with van der Waals surface area (Å²) in [5, 5.41) is 17.8. The van der Waals surface area contributed by atoms with Gasteiger partial charge in [-0.05, 0) is 37.3 Å². The lowest BCUT2D eigenvalue weighted by Crippen LogP contribution is -2.29. The Kier molecular flexibility index (Phi) is 8.47. The van der Waals surface area contributed by atoms with Gasteiger partial charge in [-0.2, -0.15) is 13.8 Å². The average molecular weight is 530 g/mol. The first-order valence-corrected chi connectivity index (χ1v) is 11.0. The first kappa shape index (κ1) is 27.4. The lowest BCUT2D eigenvalue weighted by Gasteiger charge is -2.22. The Morgan fingerprint density at radius 3 is 2.42 bits per heavy atom. The van der Waals surface area contributed by atoms with Crippen molar-refractivity contribution in [1.82, 2.24) is 4.98 Å². The number of ether oxygens (including phenoxy) is 3. The van der Waals surface area contributed by atoms with Gasteiger partial charge in [0.25, 0.3) is 11.8 Å². The molecule has 14 heteroatoms. The van der Waals surface area contributed by atoms with E-state index < -0.39 is 47.3 Å². The van der Waals surface area contributed by atoms with Gasteiger partial charge in [0, 0.05) is 18.7 Å². The summed E-state index contributed by atoms with van der Waals surface area (Å²) in [6.45, 7) is 1.13. The van der Waals surface area contributed by atoms with Crippen molar-refractivity contribution in [3.8, 4) is 29.0 Å². The molecule has 38 heavy (non-hydrogen) atoms. The van der Waals surface area contributed by atoms with Gasteiger partial charge in [-0.15, -0.1) is 0 Å². The summed E-state index contributed by atoms with van der Waals surface area (Å²) in [5.74, 6) is -6.12. The highest BCUT2D eigenvalue weighted by Crippen LogP contribution is 2.39. The van der Waals surface area contributed by atoms with Crippen molar-refractivity contribution in [2.24, 2.45) is 22.2 Å². The first-order chi connectivity index (χ1) is 18.0. The smallest absolute Gasteiger partial charge is 0.325 e. The first-order valence-electron chi connectivity index (χ1n) is 11.0. The SMILES string of the molecule is CCOC(=O)CN(C)c1c(F)c(Oc2cccc(N=C(N)N)c2)nc(Oc2cc(C(=N)N)ccc2O)c1F. The maximum atomic E-state index is 15.6. The number of nitrogens with two attached hydrogens (primary N) is 3. The summed E-state index contributed by atoms with van der Waals surface area (Å²) in [5.41, 5.74) is 16.0. The van der Waals surface area contributed by atoms with E-state index in [1.54, 1.807) is 13.0 Å². The molecule has 0 aliphatic carbocycles. The molecule has 200 valence electrons. The lowest BCUT2D eigenvalue weighted by atomic mass is 10.2. The summed E-state index contributed by atoms with van der Waals surface area (Å²) in [7, 11) is 1.25. The number of carbonyl (C=O) groups excluding carboxylic acids is 1. The average Bonchev–Trinajstić information content (AvgIpc) is 2.83. The van der Waals surface area contributed by atoms with Crippen LogP contribution in [0.1, 0.15) is 12.5 Å². The lowest BCUT2D eigenvalue weighted by molar-refractivity contribution is -0.141. The van der Waals surface area contributed by atoms with Gasteiger partial charge in [-0.1, -0.05) is 6.07 Å². The van der Waals surface area contributed by atoms with Crippen molar-refractivity contribution in [2.75, 3.05) is 25.1 Å². The highest BCUT2D eigenvalue weighted by Gasteiger charge is 2.28. The number of phenols is 1. The number of aliphatic imine (C=N–C) groups is 1. The second-order valence-electron chi connectivity index (χ2n) is 7.69. The summed E-state index contributed by atoms with van der Waals surface area (Å²) in [4.78, 5) is 20.6. The third kappa shape index (κ3) is 6.54. The quantitative estimate of drug-likeness (QED) is 0.148. The Bertz CT molecular complexity index is 1400. The number of halogens is 2. The number of nitrogen functional groups attached to an aromatic ring is 1. The van der Waals surface area contributed by atoms with Crippen LogP contribution in [0.2, 0.25) is 0 Å². The molecule has 3 aromatic rings. The Balaban J connectivity index is 2.12. The molecule has 0 aliphatic rings. The van der Waals surface area contributed by atoms with Crippen LogP contribution in [0.4, 0.5) is 20.2 Å². The van der Waals surface area contributed by atoms with E-state index in [1.807, 2.05) is 0 Å². The van der Waals surface area contributed by atoms with E-state index in [4.69, 9.17) is 36.8 Å². The fourth-order valence-electron chi connectivity index (χ4n) is 3.18. The number of esters is 1. The molecule has 3 rings (SSSR count). The van der Waals surface area contributed by atoms with Crippen LogP contribution in [0.5, 0.6) is 29.0 Å². The Labute approximate surface area is 215 Å². The van der Waals surface area contributed by atoms with E-state index in [9.17, 15) is 9.90 Å².